The molecule has 1 amide bonds. The Morgan fingerprint density at radius 3 is 2.35 bits per heavy atom. The van der Waals surface area contributed by atoms with Crippen molar-refractivity contribution in [2.45, 2.75) is 19.3 Å². The number of hydrogen-bond acceptors (Lipinski definition) is 5. The summed E-state index contributed by atoms with van der Waals surface area (Å²) in [6, 6.07) is 19.6. The number of anilines is 2. The molecule has 3 aromatic carbocycles. The smallest absolute Gasteiger partial charge is 0.256 e. The second kappa shape index (κ2) is 12.1. The number of nitriles is 1. The Bertz CT molecular complexity index is 1600. The molecule has 4 aromatic rings. The van der Waals surface area contributed by atoms with Crippen LogP contribution in [0.4, 0.5) is 20.2 Å². The second-order valence-corrected chi connectivity index (χ2v) is 9.98. The molecule has 1 aromatic heterocycles. The molecule has 0 bridgehead atoms. The van der Waals surface area contributed by atoms with Gasteiger partial charge in [0.05, 0.1) is 29.1 Å². The molecule has 40 heavy (non-hydrogen) atoms. The number of H-pyrrole nitrogens is 1. The highest BCUT2D eigenvalue weighted by molar-refractivity contribution is 6.02. The fraction of sp³-hybridized carbons (Fsp3) is 0.258. The van der Waals surface area contributed by atoms with Crippen molar-refractivity contribution in [1.29, 1.82) is 5.26 Å². The fourth-order valence-electron chi connectivity index (χ4n) is 5.07. The number of benzene rings is 3. The van der Waals surface area contributed by atoms with Crippen LogP contribution >= 0.6 is 0 Å². The molecule has 5 rings (SSSR count). The van der Waals surface area contributed by atoms with Crippen molar-refractivity contribution >= 4 is 28.1 Å². The Labute approximate surface area is 230 Å². The van der Waals surface area contributed by atoms with Crippen molar-refractivity contribution in [1.82, 2.24) is 9.88 Å². The van der Waals surface area contributed by atoms with Gasteiger partial charge >= 0.3 is 0 Å². The molecule has 0 spiro atoms. The average molecular weight is 542 g/mol. The molecule has 9 heteroatoms. The summed E-state index contributed by atoms with van der Waals surface area (Å²) in [5, 5.41) is 12.4. The quantitative estimate of drug-likeness (QED) is 0.340. The number of aromatic nitrogens is 1. The zero-order chi connectivity index (χ0) is 28.1. The summed E-state index contributed by atoms with van der Waals surface area (Å²) >= 11 is 0. The van der Waals surface area contributed by atoms with E-state index in [0.717, 1.165) is 50.5 Å². The summed E-state index contributed by atoms with van der Waals surface area (Å²) in [6.07, 6.45) is 1.44. The second-order valence-electron chi connectivity index (χ2n) is 9.98. The first-order valence-electron chi connectivity index (χ1n) is 13.3. The number of hydrogen-bond donors (Lipinski definition) is 2. The van der Waals surface area contributed by atoms with E-state index < -0.39 is 17.2 Å². The van der Waals surface area contributed by atoms with Crippen LogP contribution in [-0.2, 0) is 17.6 Å². The molecule has 0 radical (unpaired) electrons. The van der Waals surface area contributed by atoms with E-state index in [1.165, 1.54) is 36.4 Å². The monoisotopic (exact) mass is 541 g/mol. The third kappa shape index (κ3) is 6.53. The minimum absolute atomic E-state index is 0.00717. The SMILES string of the molecule is N#Cc1ccc(N2CCN(CCCc3cc4c(NC(=O)Cc5ccc(F)cc5)cc(F)cc4c(=O)[nH]3)CC2)cc1. The highest BCUT2D eigenvalue weighted by Crippen LogP contribution is 2.24. The first-order valence-corrected chi connectivity index (χ1v) is 13.3. The lowest BCUT2D eigenvalue weighted by molar-refractivity contribution is -0.115. The van der Waals surface area contributed by atoms with Crippen LogP contribution in [0.1, 0.15) is 23.2 Å². The zero-order valence-corrected chi connectivity index (χ0v) is 21.9. The van der Waals surface area contributed by atoms with Crippen molar-refractivity contribution in [2.24, 2.45) is 0 Å². The first kappa shape index (κ1) is 27.0. The Morgan fingerprint density at radius 2 is 1.65 bits per heavy atom. The Hall–Kier alpha value is -4.55. The molecule has 2 heterocycles. The van der Waals surface area contributed by atoms with E-state index >= 15 is 0 Å². The number of nitrogens with one attached hydrogen (secondary N) is 2. The predicted molar refractivity (Wildman–Crippen MR) is 151 cm³/mol. The van der Waals surface area contributed by atoms with E-state index in [-0.39, 0.29) is 23.4 Å². The van der Waals surface area contributed by atoms with E-state index in [9.17, 15) is 18.4 Å². The summed E-state index contributed by atoms with van der Waals surface area (Å²) in [4.78, 5) is 33.0. The van der Waals surface area contributed by atoms with E-state index in [0.29, 0.717) is 22.9 Å². The van der Waals surface area contributed by atoms with E-state index in [4.69, 9.17) is 5.26 Å². The number of nitrogens with zero attached hydrogens (tertiary/aromatic N) is 3. The minimum atomic E-state index is -0.622. The molecule has 1 fully saturated rings. The molecular formula is C31H29F2N5O2. The van der Waals surface area contributed by atoms with Crippen LogP contribution < -0.4 is 15.8 Å². The maximum Gasteiger partial charge on any atom is 0.256 e. The number of halogens is 2. The highest BCUT2D eigenvalue weighted by atomic mass is 19.1. The lowest BCUT2D eigenvalue weighted by Crippen LogP contribution is -2.46. The maximum atomic E-state index is 14.3. The van der Waals surface area contributed by atoms with E-state index in [1.54, 1.807) is 6.07 Å². The third-order valence-electron chi connectivity index (χ3n) is 7.19. The van der Waals surface area contributed by atoms with Crippen LogP contribution in [0.3, 0.4) is 0 Å². The van der Waals surface area contributed by atoms with Gasteiger partial charge in [-0.15, -0.1) is 0 Å². The number of rotatable bonds is 8. The van der Waals surface area contributed by atoms with Crippen molar-refractivity contribution in [2.75, 3.05) is 42.9 Å². The van der Waals surface area contributed by atoms with Crippen molar-refractivity contribution in [3.8, 4) is 6.07 Å². The van der Waals surface area contributed by atoms with Crippen molar-refractivity contribution in [3.63, 3.8) is 0 Å². The van der Waals surface area contributed by atoms with Gasteiger partial charge in [0.1, 0.15) is 11.6 Å². The van der Waals surface area contributed by atoms with Crippen molar-refractivity contribution in [3.05, 3.63) is 106 Å². The summed E-state index contributed by atoms with van der Waals surface area (Å²) in [6.45, 7) is 4.48. The summed E-state index contributed by atoms with van der Waals surface area (Å²) in [5.41, 5.74) is 2.93. The van der Waals surface area contributed by atoms with Gasteiger partial charge in [0.15, 0.2) is 0 Å². The molecule has 2 N–H and O–H groups in total. The van der Waals surface area contributed by atoms with Gasteiger partial charge in [-0.25, -0.2) is 8.78 Å². The predicted octanol–water partition coefficient (Wildman–Crippen LogP) is 4.61. The first-order chi connectivity index (χ1) is 19.4. The van der Waals surface area contributed by atoms with Crippen LogP contribution in [0.25, 0.3) is 10.8 Å². The molecule has 1 aliphatic rings. The standard InChI is InChI=1S/C31H29F2N5O2/c32-23-7-3-21(4-8-23)16-30(39)36-29-18-24(33)17-28-27(29)19-25(35-31(28)40)2-1-11-37-12-14-38(15-13-37)26-9-5-22(20-34)6-10-26/h3-10,17-19H,1-2,11-16H2,(H,35,40)(H,36,39). The molecule has 7 nitrogen and oxygen atoms in total. The van der Waals surface area contributed by atoms with Gasteiger partial charge in [0.2, 0.25) is 5.91 Å². The van der Waals surface area contributed by atoms with Crippen LogP contribution in [0, 0.1) is 23.0 Å². The van der Waals surface area contributed by atoms with Gasteiger partial charge in [-0.05, 0) is 79.5 Å². The molecule has 1 aliphatic heterocycles. The maximum absolute atomic E-state index is 14.3. The third-order valence-corrected chi connectivity index (χ3v) is 7.19. The van der Waals surface area contributed by atoms with E-state index in [2.05, 4.69) is 26.2 Å². The molecule has 0 saturated carbocycles. The van der Waals surface area contributed by atoms with Gasteiger partial charge < -0.3 is 15.2 Å². The molecule has 1 saturated heterocycles. The fourth-order valence-corrected chi connectivity index (χ4v) is 5.07. The number of fused-ring (bicyclic) bond motifs is 1. The number of piperazine rings is 1. The summed E-state index contributed by atoms with van der Waals surface area (Å²) in [7, 11) is 0. The highest BCUT2D eigenvalue weighted by Gasteiger charge is 2.17. The Balaban J connectivity index is 1.20. The number of pyridine rings is 1. The number of aromatic amines is 1. The normalized spacial score (nSPS) is 13.8. The molecular weight excluding hydrogens is 512 g/mol. The van der Waals surface area contributed by atoms with Gasteiger partial charge in [0, 0.05) is 42.9 Å². The number of amides is 1. The zero-order valence-electron chi connectivity index (χ0n) is 21.9. The lowest BCUT2D eigenvalue weighted by Gasteiger charge is -2.36. The Morgan fingerprint density at radius 1 is 0.925 bits per heavy atom. The Kier molecular flexibility index (Phi) is 8.18. The van der Waals surface area contributed by atoms with Crippen LogP contribution in [0.15, 0.2) is 71.5 Å². The molecule has 0 aliphatic carbocycles. The summed E-state index contributed by atoms with van der Waals surface area (Å²) in [5.74, 6) is -1.40. The minimum Gasteiger partial charge on any atom is -0.369 e. The van der Waals surface area contributed by atoms with Gasteiger partial charge in [-0.2, -0.15) is 5.26 Å². The largest absolute Gasteiger partial charge is 0.369 e. The van der Waals surface area contributed by atoms with Crippen LogP contribution in [-0.4, -0.2) is 48.5 Å². The topological polar surface area (TPSA) is 92.2 Å². The number of carbonyl (C=O) groups excluding carboxylic acids is 1. The average Bonchev–Trinajstić information content (AvgIpc) is 2.95. The number of aryl methyl sites for hydroxylation is 1. The van der Waals surface area contributed by atoms with Gasteiger partial charge in [-0.1, -0.05) is 12.1 Å². The molecule has 204 valence electrons. The van der Waals surface area contributed by atoms with Gasteiger partial charge in [0.25, 0.3) is 5.56 Å². The summed E-state index contributed by atoms with van der Waals surface area (Å²) < 4.78 is 27.5. The number of carbonyl (C=O) groups is 1. The van der Waals surface area contributed by atoms with Crippen LogP contribution in [0.2, 0.25) is 0 Å². The molecule has 0 atom stereocenters. The van der Waals surface area contributed by atoms with Crippen LogP contribution in [0.5, 0.6) is 0 Å². The molecule has 0 unspecified atom stereocenters. The van der Waals surface area contributed by atoms with Crippen molar-refractivity contribution < 1.29 is 13.6 Å². The van der Waals surface area contributed by atoms with E-state index in [1.807, 2.05) is 24.3 Å². The lowest BCUT2D eigenvalue weighted by atomic mass is 10.1. The van der Waals surface area contributed by atoms with Gasteiger partial charge in [-0.3, -0.25) is 14.5 Å².